The van der Waals surface area contributed by atoms with Gasteiger partial charge in [-0.3, -0.25) is 9.05 Å². The average molecular weight is 323 g/mol. The molecule has 0 aromatic heterocycles. The Bertz CT molecular complexity index is 465. The number of carbonyl (C=O) groups excluding carboxylic acids is 1. The average Bonchev–Trinajstić information content (AvgIpc) is 2.38. The van der Waals surface area contributed by atoms with Gasteiger partial charge in [-0.25, -0.2) is 9.36 Å². The van der Waals surface area contributed by atoms with Gasteiger partial charge >= 0.3 is 13.3 Å². The SMILES string of the molecule is CCOP(=O)(OCC)Oc1ccc(COC(=O)Cl)cc1. The zero-order valence-electron chi connectivity index (χ0n) is 11.2. The van der Waals surface area contributed by atoms with Crippen molar-refractivity contribution in [1.29, 1.82) is 0 Å². The number of halogens is 1. The van der Waals surface area contributed by atoms with Gasteiger partial charge in [0.2, 0.25) is 0 Å². The maximum absolute atomic E-state index is 12.1. The molecule has 1 aromatic rings. The van der Waals surface area contributed by atoms with Crippen molar-refractivity contribution in [2.75, 3.05) is 13.2 Å². The van der Waals surface area contributed by atoms with Crippen molar-refractivity contribution in [1.82, 2.24) is 0 Å². The fraction of sp³-hybridized carbons (Fsp3) is 0.417. The van der Waals surface area contributed by atoms with E-state index in [-0.39, 0.29) is 19.8 Å². The van der Waals surface area contributed by atoms with Crippen LogP contribution in [0.15, 0.2) is 24.3 Å². The molecule has 0 heterocycles. The first-order valence-electron chi connectivity index (χ1n) is 5.99. The lowest BCUT2D eigenvalue weighted by atomic mass is 10.2. The first kappa shape index (κ1) is 17.0. The van der Waals surface area contributed by atoms with E-state index in [1.54, 1.807) is 38.1 Å². The fourth-order valence-corrected chi connectivity index (χ4v) is 2.57. The Balaban J connectivity index is 2.67. The second-order valence-corrected chi connectivity index (χ2v) is 5.45. The summed E-state index contributed by atoms with van der Waals surface area (Å²) < 4.78 is 32.0. The highest BCUT2D eigenvalue weighted by Gasteiger charge is 2.27. The van der Waals surface area contributed by atoms with Gasteiger partial charge in [-0.05, 0) is 31.5 Å². The van der Waals surface area contributed by atoms with Gasteiger partial charge in [-0.1, -0.05) is 12.1 Å². The Morgan fingerprint density at radius 1 is 1.15 bits per heavy atom. The van der Waals surface area contributed by atoms with Gasteiger partial charge in [0.1, 0.15) is 12.4 Å². The molecule has 6 nitrogen and oxygen atoms in total. The van der Waals surface area contributed by atoms with Crippen LogP contribution in [0, 0.1) is 0 Å². The van der Waals surface area contributed by atoms with E-state index in [4.69, 9.17) is 25.2 Å². The van der Waals surface area contributed by atoms with E-state index in [0.717, 1.165) is 0 Å². The Labute approximate surface area is 122 Å². The Morgan fingerprint density at radius 3 is 2.15 bits per heavy atom. The van der Waals surface area contributed by atoms with Crippen molar-refractivity contribution in [3.05, 3.63) is 29.8 Å². The quantitative estimate of drug-likeness (QED) is 0.529. The minimum absolute atomic E-state index is 0.0528. The molecule has 0 atom stereocenters. The molecule has 1 rings (SSSR count). The van der Waals surface area contributed by atoms with Gasteiger partial charge < -0.3 is 9.26 Å². The smallest absolute Gasteiger partial charge is 0.449 e. The molecule has 1 aromatic carbocycles. The van der Waals surface area contributed by atoms with E-state index < -0.39 is 13.3 Å². The van der Waals surface area contributed by atoms with E-state index in [1.165, 1.54) is 0 Å². The predicted octanol–water partition coefficient (Wildman–Crippen LogP) is 4.12. The molecule has 0 saturated heterocycles. The summed E-state index contributed by atoms with van der Waals surface area (Å²) in [6.45, 7) is 3.86. The second kappa shape index (κ2) is 8.27. The number of phosphoric acid groups is 1. The lowest BCUT2D eigenvalue weighted by molar-refractivity contribution is 0.167. The molecule has 0 aliphatic heterocycles. The van der Waals surface area contributed by atoms with Crippen molar-refractivity contribution < 1.29 is 27.7 Å². The summed E-state index contributed by atoms with van der Waals surface area (Å²) >= 11 is 5.06. The molecule has 112 valence electrons. The van der Waals surface area contributed by atoms with Crippen LogP contribution in [0.5, 0.6) is 5.75 Å². The number of phosphoric ester groups is 1. The minimum Gasteiger partial charge on any atom is -0.449 e. The molecule has 0 saturated carbocycles. The molecule has 0 unspecified atom stereocenters. The van der Waals surface area contributed by atoms with Crippen molar-refractivity contribution >= 4 is 24.9 Å². The van der Waals surface area contributed by atoms with Crippen molar-refractivity contribution in [3.8, 4) is 5.75 Å². The second-order valence-electron chi connectivity index (χ2n) is 3.54. The lowest BCUT2D eigenvalue weighted by Crippen LogP contribution is -2.02. The van der Waals surface area contributed by atoms with E-state index in [9.17, 15) is 9.36 Å². The lowest BCUT2D eigenvalue weighted by Gasteiger charge is -2.17. The first-order valence-corrected chi connectivity index (χ1v) is 7.83. The van der Waals surface area contributed by atoms with Crippen molar-refractivity contribution in [2.24, 2.45) is 0 Å². The van der Waals surface area contributed by atoms with Crippen LogP contribution in [-0.4, -0.2) is 18.6 Å². The van der Waals surface area contributed by atoms with E-state index in [2.05, 4.69) is 4.74 Å². The van der Waals surface area contributed by atoms with Crippen LogP contribution in [-0.2, 0) is 25.0 Å². The third kappa shape index (κ3) is 5.92. The monoisotopic (exact) mass is 322 g/mol. The number of hydrogen-bond acceptors (Lipinski definition) is 6. The Morgan fingerprint density at radius 2 is 1.70 bits per heavy atom. The molecule has 0 spiro atoms. The van der Waals surface area contributed by atoms with Gasteiger partial charge in [0.15, 0.2) is 0 Å². The van der Waals surface area contributed by atoms with Crippen LogP contribution in [0.25, 0.3) is 0 Å². The number of carbonyl (C=O) groups is 1. The molecular weight excluding hydrogens is 307 g/mol. The largest absolute Gasteiger partial charge is 0.530 e. The summed E-state index contributed by atoms with van der Waals surface area (Å²) in [7, 11) is -3.59. The predicted molar refractivity (Wildman–Crippen MR) is 74.0 cm³/mol. The summed E-state index contributed by atoms with van der Waals surface area (Å²) in [6, 6.07) is 6.44. The van der Waals surface area contributed by atoms with E-state index in [1.807, 2.05) is 0 Å². The standard InChI is InChI=1S/C12H16ClO6P/c1-3-17-20(15,18-4-2)19-11-7-5-10(6-8-11)9-16-12(13)14/h5-8H,3-4,9H2,1-2H3. The molecule has 0 bridgehead atoms. The molecule has 0 N–H and O–H groups in total. The first-order chi connectivity index (χ1) is 9.49. The molecule has 0 aliphatic carbocycles. The minimum atomic E-state index is -3.59. The third-order valence-electron chi connectivity index (χ3n) is 2.07. The number of rotatable bonds is 8. The van der Waals surface area contributed by atoms with Gasteiger partial charge in [0.25, 0.3) is 0 Å². The zero-order valence-corrected chi connectivity index (χ0v) is 12.9. The summed E-state index contributed by atoms with van der Waals surface area (Å²) in [5.74, 6) is 0.330. The summed E-state index contributed by atoms with van der Waals surface area (Å²) in [6.07, 6.45) is 0. The highest BCUT2D eigenvalue weighted by Crippen LogP contribution is 2.49. The summed E-state index contributed by atoms with van der Waals surface area (Å²) in [5, 5.41) is 0. The van der Waals surface area contributed by atoms with Crippen LogP contribution >= 0.6 is 19.4 Å². The molecule has 20 heavy (non-hydrogen) atoms. The maximum Gasteiger partial charge on any atom is 0.530 e. The summed E-state index contributed by atoms with van der Waals surface area (Å²) in [4.78, 5) is 10.5. The highest BCUT2D eigenvalue weighted by molar-refractivity contribution is 7.48. The molecule has 8 heteroatoms. The number of hydrogen-bond donors (Lipinski definition) is 0. The fourth-order valence-electron chi connectivity index (χ4n) is 1.32. The molecule has 0 aliphatic rings. The van der Waals surface area contributed by atoms with Gasteiger partial charge in [-0.15, -0.1) is 0 Å². The maximum atomic E-state index is 12.1. The van der Waals surface area contributed by atoms with Gasteiger partial charge in [0.05, 0.1) is 13.2 Å². The molecule has 0 radical (unpaired) electrons. The third-order valence-corrected chi connectivity index (χ3v) is 3.76. The van der Waals surface area contributed by atoms with Crippen LogP contribution in [0.2, 0.25) is 0 Å². The zero-order chi connectivity index (χ0) is 15.0. The Hall–Kier alpha value is -1.07. The number of ether oxygens (including phenoxy) is 1. The molecule has 0 fully saturated rings. The normalized spacial score (nSPS) is 11.2. The van der Waals surface area contributed by atoms with Gasteiger partial charge in [-0.2, -0.15) is 0 Å². The van der Waals surface area contributed by atoms with Crippen LogP contribution < -0.4 is 4.52 Å². The summed E-state index contributed by atoms with van der Waals surface area (Å²) in [5.41, 5.74) is -0.156. The van der Waals surface area contributed by atoms with E-state index in [0.29, 0.717) is 11.3 Å². The van der Waals surface area contributed by atoms with E-state index >= 15 is 0 Å². The number of benzene rings is 1. The van der Waals surface area contributed by atoms with Crippen LogP contribution in [0.4, 0.5) is 4.79 Å². The van der Waals surface area contributed by atoms with Crippen molar-refractivity contribution in [2.45, 2.75) is 20.5 Å². The van der Waals surface area contributed by atoms with Crippen LogP contribution in [0.1, 0.15) is 19.4 Å². The van der Waals surface area contributed by atoms with Crippen LogP contribution in [0.3, 0.4) is 0 Å². The van der Waals surface area contributed by atoms with Crippen molar-refractivity contribution in [3.63, 3.8) is 0 Å². The highest BCUT2D eigenvalue weighted by atomic mass is 35.5. The Kier molecular flexibility index (Phi) is 7.02. The molecular formula is C12H16ClO6P. The topological polar surface area (TPSA) is 71.1 Å². The molecule has 0 amide bonds. The van der Waals surface area contributed by atoms with Gasteiger partial charge in [0, 0.05) is 11.6 Å².